The SMILES string of the molecule is Cc1nc(-c2ccc(F)cc2)sc1C(=O)NCc1ccccc1F. The smallest absolute Gasteiger partial charge is 0.263 e. The molecule has 0 aliphatic carbocycles. The van der Waals surface area contributed by atoms with E-state index in [1.165, 1.54) is 29.5 Å². The fourth-order valence-electron chi connectivity index (χ4n) is 2.22. The lowest BCUT2D eigenvalue weighted by Crippen LogP contribution is -2.23. The highest BCUT2D eigenvalue weighted by molar-refractivity contribution is 7.17. The first-order valence-electron chi connectivity index (χ1n) is 7.29. The van der Waals surface area contributed by atoms with Crippen LogP contribution >= 0.6 is 11.3 Å². The van der Waals surface area contributed by atoms with Crippen molar-refractivity contribution in [3.05, 3.63) is 76.3 Å². The minimum Gasteiger partial charge on any atom is -0.347 e. The van der Waals surface area contributed by atoms with Crippen LogP contribution in [0.25, 0.3) is 10.6 Å². The second-order valence-corrected chi connectivity index (χ2v) is 6.21. The van der Waals surface area contributed by atoms with Gasteiger partial charge in [0.15, 0.2) is 0 Å². The predicted molar refractivity (Wildman–Crippen MR) is 89.8 cm³/mol. The van der Waals surface area contributed by atoms with Crippen molar-refractivity contribution in [2.75, 3.05) is 0 Å². The van der Waals surface area contributed by atoms with E-state index in [0.29, 0.717) is 21.1 Å². The molecule has 0 saturated heterocycles. The summed E-state index contributed by atoms with van der Waals surface area (Å²) in [5, 5.41) is 3.34. The zero-order chi connectivity index (χ0) is 17.1. The lowest BCUT2D eigenvalue weighted by Gasteiger charge is -2.05. The Bertz CT molecular complexity index is 875. The van der Waals surface area contributed by atoms with Gasteiger partial charge in [-0.3, -0.25) is 4.79 Å². The molecule has 0 aliphatic heterocycles. The molecule has 6 heteroatoms. The molecule has 0 atom stereocenters. The summed E-state index contributed by atoms with van der Waals surface area (Å²) in [5.74, 6) is -0.984. The maximum atomic E-state index is 13.6. The van der Waals surface area contributed by atoms with Gasteiger partial charge in [-0.15, -0.1) is 11.3 Å². The molecular weight excluding hydrogens is 330 g/mol. The van der Waals surface area contributed by atoms with E-state index in [0.717, 1.165) is 5.56 Å². The highest BCUT2D eigenvalue weighted by atomic mass is 32.1. The minimum atomic E-state index is -0.356. The topological polar surface area (TPSA) is 42.0 Å². The van der Waals surface area contributed by atoms with Gasteiger partial charge in [-0.05, 0) is 37.3 Å². The van der Waals surface area contributed by atoms with Gasteiger partial charge in [-0.1, -0.05) is 18.2 Å². The number of nitrogens with one attached hydrogen (secondary N) is 1. The molecular formula is C18H14F2N2OS. The summed E-state index contributed by atoms with van der Waals surface area (Å²) in [6.45, 7) is 1.84. The molecule has 1 amide bonds. The van der Waals surface area contributed by atoms with E-state index in [1.54, 1.807) is 37.3 Å². The van der Waals surface area contributed by atoms with Crippen molar-refractivity contribution < 1.29 is 13.6 Å². The quantitative estimate of drug-likeness (QED) is 0.765. The van der Waals surface area contributed by atoms with Crippen molar-refractivity contribution in [3.63, 3.8) is 0 Å². The summed E-state index contributed by atoms with van der Waals surface area (Å²) >= 11 is 1.23. The normalized spacial score (nSPS) is 10.6. The van der Waals surface area contributed by atoms with Gasteiger partial charge < -0.3 is 5.32 Å². The summed E-state index contributed by atoms with van der Waals surface area (Å²) in [7, 11) is 0. The third-order valence-corrected chi connectivity index (χ3v) is 4.70. The summed E-state index contributed by atoms with van der Waals surface area (Å²) in [6.07, 6.45) is 0. The number of thiazole rings is 1. The molecule has 0 aliphatic rings. The first kappa shape index (κ1) is 16.3. The number of hydrogen-bond donors (Lipinski definition) is 1. The van der Waals surface area contributed by atoms with Crippen LogP contribution in [0.15, 0.2) is 48.5 Å². The van der Waals surface area contributed by atoms with Crippen molar-refractivity contribution in [3.8, 4) is 10.6 Å². The van der Waals surface area contributed by atoms with Gasteiger partial charge in [-0.2, -0.15) is 0 Å². The van der Waals surface area contributed by atoms with Gasteiger partial charge in [0.2, 0.25) is 0 Å². The molecule has 1 heterocycles. The molecule has 3 rings (SSSR count). The van der Waals surface area contributed by atoms with Crippen molar-refractivity contribution in [1.29, 1.82) is 0 Å². The number of hydrogen-bond acceptors (Lipinski definition) is 3. The maximum Gasteiger partial charge on any atom is 0.263 e. The monoisotopic (exact) mass is 344 g/mol. The van der Waals surface area contributed by atoms with E-state index in [9.17, 15) is 13.6 Å². The summed E-state index contributed by atoms with van der Waals surface area (Å²) in [4.78, 5) is 17.2. The molecule has 0 bridgehead atoms. The zero-order valence-electron chi connectivity index (χ0n) is 12.8. The molecule has 0 saturated carbocycles. The van der Waals surface area contributed by atoms with Crippen LogP contribution in [0.4, 0.5) is 8.78 Å². The largest absolute Gasteiger partial charge is 0.347 e. The van der Waals surface area contributed by atoms with Crippen LogP contribution in [0, 0.1) is 18.6 Å². The fraction of sp³-hybridized carbons (Fsp3) is 0.111. The van der Waals surface area contributed by atoms with E-state index in [1.807, 2.05) is 0 Å². The van der Waals surface area contributed by atoms with Crippen LogP contribution in [0.1, 0.15) is 20.9 Å². The average molecular weight is 344 g/mol. The molecule has 0 radical (unpaired) electrons. The highest BCUT2D eigenvalue weighted by Gasteiger charge is 2.16. The third-order valence-electron chi connectivity index (χ3n) is 3.49. The number of aryl methyl sites for hydroxylation is 1. The second-order valence-electron chi connectivity index (χ2n) is 5.21. The third kappa shape index (κ3) is 3.49. The van der Waals surface area contributed by atoms with E-state index in [-0.39, 0.29) is 24.1 Å². The first-order valence-corrected chi connectivity index (χ1v) is 8.11. The molecule has 3 aromatic rings. The number of aromatic nitrogens is 1. The maximum absolute atomic E-state index is 13.6. The number of carbonyl (C=O) groups excluding carboxylic acids is 1. The van der Waals surface area contributed by atoms with E-state index in [2.05, 4.69) is 10.3 Å². The van der Waals surface area contributed by atoms with Gasteiger partial charge in [0, 0.05) is 17.7 Å². The molecule has 2 aromatic carbocycles. The lowest BCUT2D eigenvalue weighted by molar-refractivity contribution is 0.0954. The van der Waals surface area contributed by atoms with Gasteiger partial charge in [0.1, 0.15) is 21.5 Å². The van der Waals surface area contributed by atoms with Crippen LogP contribution in [0.3, 0.4) is 0 Å². The Labute approximate surface area is 142 Å². The van der Waals surface area contributed by atoms with Gasteiger partial charge in [0.25, 0.3) is 5.91 Å². The van der Waals surface area contributed by atoms with Crippen LogP contribution in [0.5, 0.6) is 0 Å². The van der Waals surface area contributed by atoms with Gasteiger partial charge >= 0.3 is 0 Å². The summed E-state index contributed by atoms with van der Waals surface area (Å²) in [6, 6.07) is 12.2. The number of halogens is 2. The van der Waals surface area contributed by atoms with Gasteiger partial charge in [0.05, 0.1) is 5.69 Å². The Morgan fingerprint density at radius 1 is 1.12 bits per heavy atom. The summed E-state index contributed by atoms with van der Waals surface area (Å²) in [5.41, 5.74) is 1.76. The van der Waals surface area contributed by atoms with Crippen LogP contribution in [-0.2, 0) is 6.54 Å². The Balaban J connectivity index is 1.76. The van der Waals surface area contributed by atoms with E-state index < -0.39 is 0 Å². The summed E-state index contributed by atoms with van der Waals surface area (Å²) < 4.78 is 26.6. The Morgan fingerprint density at radius 3 is 2.54 bits per heavy atom. The molecule has 0 fully saturated rings. The Hall–Kier alpha value is -2.60. The van der Waals surface area contributed by atoms with E-state index >= 15 is 0 Å². The lowest BCUT2D eigenvalue weighted by atomic mass is 10.2. The van der Waals surface area contributed by atoms with Crippen molar-refractivity contribution >= 4 is 17.2 Å². The molecule has 3 nitrogen and oxygen atoms in total. The fourth-order valence-corrected chi connectivity index (χ4v) is 3.21. The number of rotatable bonds is 4. The van der Waals surface area contributed by atoms with E-state index in [4.69, 9.17) is 0 Å². The molecule has 1 aromatic heterocycles. The first-order chi connectivity index (χ1) is 11.5. The standard InChI is InChI=1S/C18H14F2N2OS/c1-11-16(17(23)21-10-13-4-2-3-5-15(13)20)24-18(22-11)12-6-8-14(19)9-7-12/h2-9H,10H2,1H3,(H,21,23). The average Bonchev–Trinajstić information content (AvgIpc) is 2.96. The molecule has 1 N–H and O–H groups in total. The molecule has 24 heavy (non-hydrogen) atoms. The second kappa shape index (κ2) is 6.88. The molecule has 0 unspecified atom stereocenters. The molecule has 0 spiro atoms. The van der Waals surface area contributed by atoms with Crippen molar-refractivity contribution in [1.82, 2.24) is 10.3 Å². The van der Waals surface area contributed by atoms with Crippen LogP contribution < -0.4 is 5.32 Å². The molecule has 122 valence electrons. The zero-order valence-corrected chi connectivity index (χ0v) is 13.7. The minimum absolute atomic E-state index is 0.106. The number of amides is 1. The predicted octanol–water partition coefficient (Wildman–Crippen LogP) is 4.33. The highest BCUT2D eigenvalue weighted by Crippen LogP contribution is 2.28. The number of carbonyl (C=O) groups is 1. The Kier molecular flexibility index (Phi) is 4.66. The van der Waals surface area contributed by atoms with Crippen LogP contribution in [0.2, 0.25) is 0 Å². The van der Waals surface area contributed by atoms with Crippen molar-refractivity contribution in [2.45, 2.75) is 13.5 Å². The van der Waals surface area contributed by atoms with Gasteiger partial charge in [-0.25, -0.2) is 13.8 Å². The van der Waals surface area contributed by atoms with Crippen LogP contribution in [-0.4, -0.2) is 10.9 Å². The number of nitrogens with zero attached hydrogens (tertiary/aromatic N) is 1. The number of benzene rings is 2. The Morgan fingerprint density at radius 2 is 1.83 bits per heavy atom. The van der Waals surface area contributed by atoms with Crippen molar-refractivity contribution in [2.24, 2.45) is 0 Å².